The van der Waals surface area contributed by atoms with E-state index >= 15 is 0 Å². The second-order valence-electron chi connectivity index (χ2n) is 5.21. The molecule has 110 valence electrons. The van der Waals surface area contributed by atoms with Gasteiger partial charge < -0.3 is 9.84 Å². The van der Waals surface area contributed by atoms with Crippen molar-refractivity contribution in [3.05, 3.63) is 12.2 Å². The minimum absolute atomic E-state index is 0.716. The first-order valence-electron chi connectivity index (χ1n) is 7.89. The van der Waals surface area contributed by atoms with E-state index in [1.807, 2.05) is 0 Å². The first-order chi connectivity index (χ1) is 9.43. The Kier molecular flexibility index (Phi) is 10.3. The van der Waals surface area contributed by atoms with Gasteiger partial charge >= 0.3 is 0 Å². The Morgan fingerprint density at radius 1 is 0.947 bits per heavy atom. The SMILES string of the molecule is CCCCCCCCCCCCNCc1ncon1. The molecule has 0 fully saturated rings. The number of hydrogen-bond acceptors (Lipinski definition) is 4. The van der Waals surface area contributed by atoms with Crippen LogP contribution in [0.3, 0.4) is 0 Å². The summed E-state index contributed by atoms with van der Waals surface area (Å²) in [5.74, 6) is 0.743. The zero-order valence-corrected chi connectivity index (χ0v) is 12.4. The van der Waals surface area contributed by atoms with Crippen molar-refractivity contribution in [3.8, 4) is 0 Å². The number of nitrogens with one attached hydrogen (secondary N) is 1. The Bertz CT molecular complexity index is 275. The molecule has 0 amide bonds. The average molecular weight is 267 g/mol. The first kappa shape index (κ1) is 16.2. The number of nitrogens with zero attached hydrogens (tertiary/aromatic N) is 2. The van der Waals surface area contributed by atoms with Crippen LogP contribution in [0.4, 0.5) is 0 Å². The minimum Gasteiger partial charge on any atom is -0.343 e. The molecule has 4 nitrogen and oxygen atoms in total. The quantitative estimate of drug-likeness (QED) is 0.547. The molecule has 0 spiro atoms. The molecule has 0 aliphatic heterocycles. The molecule has 0 unspecified atom stereocenters. The summed E-state index contributed by atoms with van der Waals surface area (Å²) in [5.41, 5.74) is 0. The zero-order valence-electron chi connectivity index (χ0n) is 12.4. The summed E-state index contributed by atoms with van der Waals surface area (Å²) in [7, 11) is 0. The predicted molar refractivity (Wildman–Crippen MR) is 77.8 cm³/mol. The third-order valence-corrected chi connectivity index (χ3v) is 3.40. The summed E-state index contributed by atoms with van der Waals surface area (Å²) in [6.07, 6.45) is 15.2. The molecule has 0 atom stereocenters. The van der Waals surface area contributed by atoms with Crippen molar-refractivity contribution >= 4 is 0 Å². The molecule has 0 saturated carbocycles. The third-order valence-electron chi connectivity index (χ3n) is 3.40. The lowest BCUT2D eigenvalue weighted by Gasteiger charge is -2.03. The molecule has 4 heteroatoms. The van der Waals surface area contributed by atoms with Crippen molar-refractivity contribution in [1.29, 1.82) is 0 Å². The summed E-state index contributed by atoms with van der Waals surface area (Å²) in [4.78, 5) is 3.96. The van der Waals surface area contributed by atoms with Crippen LogP contribution in [0, 0.1) is 0 Å². The Balaban J connectivity index is 1.72. The number of rotatable bonds is 13. The largest absolute Gasteiger partial charge is 0.343 e. The third kappa shape index (κ3) is 9.65. The van der Waals surface area contributed by atoms with Gasteiger partial charge in [-0.15, -0.1) is 0 Å². The predicted octanol–water partition coefficient (Wildman–Crippen LogP) is 4.08. The van der Waals surface area contributed by atoms with Gasteiger partial charge in [-0.1, -0.05) is 69.9 Å². The fourth-order valence-electron chi connectivity index (χ4n) is 2.21. The average Bonchev–Trinajstić information content (AvgIpc) is 2.93. The maximum absolute atomic E-state index is 4.67. The molecule has 0 radical (unpaired) electrons. The maximum Gasteiger partial charge on any atom is 0.213 e. The fourth-order valence-corrected chi connectivity index (χ4v) is 2.21. The van der Waals surface area contributed by atoms with Gasteiger partial charge in [-0.2, -0.15) is 4.98 Å². The second-order valence-corrected chi connectivity index (χ2v) is 5.21. The summed E-state index contributed by atoms with van der Waals surface area (Å²) in [6, 6.07) is 0. The zero-order chi connectivity index (χ0) is 13.6. The monoisotopic (exact) mass is 267 g/mol. The normalized spacial score (nSPS) is 11.0. The molecule has 19 heavy (non-hydrogen) atoms. The van der Waals surface area contributed by atoms with Gasteiger partial charge in [0.1, 0.15) is 0 Å². The summed E-state index contributed by atoms with van der Waals surface area (Å²) >= 11 is 0. The lowest BCUT2D eigenvalue weighted by atomic mass is 10.1. The molecular weight excluding hydrogens is 238 g/mol. The van der Waals surface area contributed by atoms with Crippen molar-refractivity contribution in [2.45, 2.75) is 77.7 Å². The maximum atomic E-state index is 4.67. The summed E-state index contributed by atoms with van der Waals surface area (Å²) in [6.45, 7) is 4.03. The van der Waals surface area contributed by atoms with E-state index in [0.717, 1.165) is 12.4 Å². The smallest absolute Gasteiger partial charge is 0.213 e. The highest BCUT2D eigenvalue weighted by molar-refractivity contribution is 4.75. The minimum atomic E-state index is 0.716. The Hall–Kier alpha value is -0.900. The van der Waals surface area contributed by atoms with Gasteiger partial charge in [0.15, 0.2) is 5.82 Å². The summed E-state index contributed by atoms with van der Waals surface area (Å²) < 4.78 is 4.67. The van der Waals surface area contributed by atoms with Gasteiger partial charge in [-0.3, -0.25) is 0 Å². The van der Waals surface area contributed by atoms with Crippen molar-refractivity contribution in [1.82, 2.24) is 15.5 Å². The molecule has 1 heterocycles. The van der Waals surface area contributed by atoms with Crippen LogP contribution in [-0.4, -0.2) is 16.7 Å². The van der Waals surface area contributed by atoms with E-state index < -0.39 is 0 Å². The molecule has 1 aromatic heterocycles. The highest BCUT2D eigenvalue weighted by Gasteiger charge is 1.96. The van der Waals surface area contributed by atoms with Crippen LogP contribution in [-0.2, 0) is 6.54 Å². The highest BCUT2D eigenvalue weighted by Crippen LogP contribution is 2.10. The number of aromatic nitrogens is 2. The topological polar surface area (TPSA) is 51.0 Å². The fraction of sp³-hybridized carbons (Fsp3) is 0.867. The number of unbranched alkanes of at least 4 members (excludes halogenated alkanes) is 9. The Morgan fingerprint density at radius 3 is 2.16 bits per heavy atom. The van der Waals surface area contributed by atoms with E-state index in [1.165, 1.54) is 70.6 Å². The van der Waals surface area contributed by atoms with Crippen LogP contribution in [0.2, 0.25) is 0 Å². The van der Waals surface area contributed by atoms with E-state index in [2.05, 4.69) is 26.9 Å². The lowest BCUT2D eigenvalue weighted by molar-refractivity contribution is 0.407. The van der Waals surface area contributed by atoms with Gasteiger partial charge in [-0.05, 0) is 13.0 Å². The molecule has 0 saturated heterocycles. The molecular formula is C15H29N3O. The van der Waals surface area contributed by atoms with Gasteiger partial charge in [-0.25, -0.2) is 0 Å². The van der Waals surface area contributed by atoms with Crippen molar-refractivity contribution in [2.24, 2.45) is 0 Å². The van der Waals surface area contributed by atoms with Crippen LogP contribution in [0.25, 0.3) is 0 Å². The van der Waals surface area contributed by atoms with E-state index in [0.29, 0.717) is 6.54 Å². The molecule has 0 aromatic carbocycles. The van der Waals surface area contributed by atoms with E-state index in [9.17, 15) is 0 Å². The number of hydrogen-bond donors (Lipinski definition) is 1. The van der Waals surface area contributed by atoms with Crippen LogP contribution in [0.5, 0.6) is 0 Å². The van der Waals surface area contributed by atoms with Crippen molar-refractivity contribution in [3.63, 3.8) is 0 Å². The molecule has 0 bridgehead atoms. The molecule has 0 aliphatic carbocycles. The van der Waals surface area contributed by atoms with Gasteiger partial charge in [0.05, 0.1) is 6.54 Å². The molecule has 1 aromatic rings. The van der Waals surface area contributed by atoms with Crippen LogP contribution in [0.1, 0.15) is 77.0 Å². The van der Waals surface area contributed by atoms with E-state index in [-0.39, 0.29) is 0 Å². The first-order valence-corrected chi connectivity index (χ1v) is 7.89. The highest BCUT2D eigenvalue weighted by atomic mass is 16.5. The van der Waals surface area contributed by atoms with Crippen molar-refractivity contribution < 1.29 is 4.52 Å². The second kappa shape index (κ2) is 12.2. The Labute approximate surface area is 117 Å². The Morgan fingerprint density at radius 2 is 1.58 bits per heavy atom. The summed E-state index contributed by atoms with van der Waals surface area (Å²) in [5, 5.41) is 7.08. The standard InChI is InChI=1S/C15H29N3O/c1-2-3-4-5-6-7-8-9-10-11-12-16-13-15-17-14-19-18-15/h14,16H,2-13H2,1H3. The lowest BCUT2D eigenvalue weighted by Crippen LogP contribution is -2.15. The van der Waals surface area contributed by atoms with E-state index in [4.69, 9.17) is 0 Å². The van der Waals surface area contributed by atoms with Crippen LogP contribution >= 0.6 is 0 Å². The van der Waals surface area contributed by atoms with Gasteiger partial charge in [0.25, 0.3) is 0 Å². The molecule has 0 aliphatic rings. The van der Waals surface area contributed by atoms with Gasteiger partial charge in [0.2, 0.25) is 6.39 Å². The van der Waals surface area contributed by atoms with Crippen molar-refractivity contribution in [2.75, 3.05) is 6.54 Å². The van der Waals surface area contributed by atoms with Crippen LogP contribution < -0.4 is 5.32 Å². The van der Waals surface area contributed by atoms with Crippen LogP contribution in [0.15, 0.2) is 10.9 Å². The molecule has 1 rings (SSSR count). The van der Waals surface area contributed by atoms with E-state index in [1.54, 1.807) is 0 Å². The molecule has 1 N–H and O–H groups in total. The van der Waals surface area contributed by atoms with Gasteiger partial charge in [0, 0.05) is 0 Å².